The van der Waals surface area contributed by atoms with Crippen molar-refractivity contribution < 1.29 is 5.11 Å². The summed E-state index contributed by atoms with van der Waals surface area (Å²) in [6.07, 6.45) is 0.815. The molecule has 1 atom stereocenters. The number of benzene rings is 1. The van der Waals surface area contributed by atoms with Crippen molar-refractivity contribution in [3.63, 3.8) is 0 Å². The molecule has 3 N–H and O–H groups in total. The minimum atomic E-state index is -0.962. The first kappa shape index (κ1) is 20.5. The molecule has 0 amide bonds. The van der Waals surface area contributed by atoms with Crippen LogP contribution in [0.15, 0.2) is 58.2 Å². The summed E-state index contributed by atoms with van der Waals surface area (Å²) < 4.78 is 0. The van der Waals surface area contributed by atoms with E-state index in [1.807, 2.05) is 42.6 Å². The van der Waals surface area contributed by atoms with Crippen LogP contribution in [0.25, 0.3) is 10.6 Å². The summed E-state index contributed by atoms with van der Waals surface area (Å²) in [5.74, 6) is 0.706. The first-order valence-corrected chi connectivity index (χ1v) is 11.1. The fraction of sp³-hybridized carbons (Fsp3) is 0.333. The maximum Gasteiger partial charge on any atom is 0.191 e. The summed E-state index contributed by atoms with van der Waals surface area (Å²) in [6, 6.07) is 14.1. The van der Waals surface area contributed by atoms with Gasteiger partial charge >= 0.3 is 0 Å². The number of thiazole rings is 1. The fourth-order valence-electron chi connectivity index (χ4n) is 2.68. The number of thiophene rings is 1. The van der Waals surface area contributed by atoms with E-state index in [-0.39, 0.29) is 0 Å². The average molecular weight is 415 g/mol. The molecule has 0 aliphatic rings. The molecule has 0 saturated carbocycles. The Morgan fingerprint density at radius 2 is 1.96 bits per heavy atom. The van der Waals surface area contributed by atoms with Crippen LogP contribution in [0.3, 0.4) is 0 Å². The second-order valence-electron chi connectivity index (χ2n) is 6.63. The molecule has 2 heterocycles. The van der Waals surface area contributed by atoms with Gasteiger partial charge in [0.25, 0.3) is 0 Å². The highest BCUT2D eigenvalue weighted by atomic mass is 32.1. The zero-order chi connectivity index (χ0) is 19.8. The first-order valence-electron chi connectivity index (χ1n) is 9.37. The molecule has 0 fully saturated rings. The van der Waals surface area contributed by atoms with Gasteiger partial charge in [0.05, 0.1) is 12.2 Å². The topological polar surface area (TPSA) is 69.5 Å². The summed E-state index contributed by atoms with van der Waals surface area (Å²) in [6.45, 7) is 5.62. The van der Waals surface area contributed by atoms with Gasteiger partial charge in [-0.3, -0.25) is 0 Å². The summed E-state index contributed by atoms with van der Waals surface area (Å²) in [5.41, 5.74) is 1.26. The Morgan fingerprint density at radius 3 is 2.68 bits per heavy atom. The lowest BCUT2D eigenvalue weighted by Gasteiger charge is -2.20. The minimum Gasteiger partial charge on any atom is -0.383 e. The van der Waals surface area contributed by atoms with Gasteiger partial charge < -0.3 is 15.7 Å². The Morgan fingerprint density at radius 1 is 1.14 bits per heavy atom. The van der Waals surface area contributed by atoms with Crippen molar-refractivity contribution in [3.05, 3.63) is 63.8 Å². The zero-order valence-corrected chi connectivity index (χ0v) is 17.8. The smallest absolute Gasteiger partial charge is 0.191 e. The van der Waals surface area contributed by atoms with Crippen LogP contribution in [0.1, 0.15) is 24.4 Å². The molecule has 3 rings (SSSR count). The van der Waals surface area contributed by atoms with Gasteiger partial charge in [0, 0.05) is 35.3 Å². The maximum absolute atomic E-state index is 10.6. The lowest BCUT2D eigenvalue weighted by Crippen LogP contribution is -2.39. The molecular weight excluding hydrogens is 388 g/mol. The number of guanidine groups is 1. The van der Waals surface area contributed by atoms with Crippen LogP contribution in [-0.2, 0) is 12.0 Å². The molecule has 0 bridgehead atoms. The van der Waals surface area contributed by atoms with Gasteiger partial charge in [0.2, 0.25) is 0 Å². The normalized spacial score (nSPS) is 13.9. The average Bonchev–Trinajstić information content (AvgIpc) is 3.39. The van der Waals surface area contributed by atoms with Crippen molar-refractivity contribution in [2.45, 2.75) is 25.9 Å². The van der Waals surface area contributed by atoms with E-state index in [0.717, 1.165) is 40.7 Å². The van der Waals surface area contributed by atoms with Gasteiger partial charge in [-0.2, -0.15) is 0 Å². The van der Waals surface area contributed by atoms with Crippen molar-refractivity contribution in [2.24, 2.45) is 4.99 Å². The van der Waals surface area contributed by atoms with Gasteiger partial charge in [-0.15, -0.1) is 22.7 Å². The lowest BCUT2D eigenvalue weighted by atomic mass is 10.1. The van der Waals surface area contributed by atoms with Crippen molar-refractivity contribution >= 4 is 28.6 Å². The Labute approximate surface area is 174 Å². The molecule has 7 heteroatoms. The minimum absolute atomic E-state index is 0.303. The van der Waals surface area contributed by atoms with Crippen molar-refractivity contribution in [3.8, 4) is 10.6 Å². The molecule has 2 aromatic heterocycles. The van der Waals surface area contributed by atoms with E-state index in [1.165, 1.54) is 0 Å². The van der Waals surface area contributed by atoms with Crippen LogP contribution in [0.5, 0.6) is 0 Å². The van der Waals surface area contributed by atoms with Crippen LogP contribution >= 0.6 is 22.7 Å². The molecule has 0 aliphatic heterocycles. The van der Waals surface area contributed by atoms with Crippen LogP contribution in [0, 0.1) is 0 Å². The molecule has 0 radical (unpaired) electrons. The number of rotatable bonds is 8. The standard InChI is InChI=1S/C21H26N4OS2/c1-3-22-20(24-15-21(2,26)18-10-7-13-27-18)23-12-11-17-14-28-19(25-17)16-8-5-4-6-9-16/h4-10,13-14,26H,3,11-12,15H2,1-2H3,(H2,22,23,24). The summed E-state index contributed by atoms with van der Waals surface area (Å²) in [4.78, 5) is 10.2. The SMILES string of the molecule is CCNC(=NCC(C)(O)c1cccs1)NCCc1csc(-c2ccccc2)n1. The fourth-order valence-corrected chi connectivity index (χ4v) is 4.32. The predicted octanol–water partition coefficient (Wildman–Crippen LogP) is 3.88. The van der Waals surface area contributed by atoms with E-state index >= 15 is 0 Å². The molecule has 1 unspecified atom stereocenters. The molecule has 148 valence electrons. The Kier molecular flexibility index (Phi) is 7.19. The first-order chi connectivity index (χ1) is 13.6. The predicted molar refractivity (Wildman–Crippen MR) is 119 cm³/mol. The van der Waals surface area contributed by atoms with Crippen LogP contribution in [0.4, 0.5) is 0 Å². The number of hydrogen-bond donors (Lipinski definition) is 3. The Bertz CT molecular complexity index is 873. The van der Waals surface area contributed by atoms with E-state index in [0.29, 0.717) is 12.5 Å². The van der Waals surface area contributed by atoms with Gasteiger partial charge in [-0.25, -0.2) is 9.98 Å². The summed E-state index contributed by atoms with van der Waals surface area (Å²) >= 11 is 3.21. The summed E-state index contributed by atoms with van der Waals surface area (Å²) in [5, 5.41) is 22.3. The van der Waals surface area contributed by atoms with Crippen LogP contribution < -0.4 is 10.6 Å². The van der Waals surface area contributed by atoms with E-state index in [2.05, 4.69) is 33.1 Å². The van der Waals surface area contributed by atoms with Gasteiger partial charge in [-0.1, -0.05) is 36.4 Å². The summed E-state index contributed by atoms with van der Waals surface area (Å²) in [7, 11) is 0. The van der Waals surface area contributed by atoms with Crippen molar-refractivity contribution in [1.29, 1.82) is 0 Å². The molecule has 28 heavy (non-hydrogen) atoms. The number of aliphatic hydroxyl groups is 1. The largest absolute Gasteiger partial charge is 0.383 e. The molecule has 0 saturated heterocycles. The van der Waals surface area contributed by atoms with E-state index < -0.39 is 5.60 Å². The molecule has 5 nitrogen and oxygen atoms in total. The Balaban J connectivity index is 1.54. The second-order valence-corrected chi connectivity index (χ2v) is 8.44. The monoisotopic (exact) mass is 414 g/mol. The van der Waals surface area contributed by atoms with Gasteiger partial charge in [-0.05, 0) is 25.3 Å². The highest BCUT2D eigenvalue weighted by Crippen LogP contribution is 2.25. The maximum atomic E-state index is 10.6. The molecule has 3 aromatic rings. The van der Waals surface area contributed by atoms with Gasteiger partial charge in [0.15, 0.2) is 5.96 Å². The number of nitrogens with zero attached hydrogens (tertiary/aromatic N) is 2. The van der Waals surface area contributed by atoms with E-state index in [9.17, 15) is 5.11 Å². The molecule has 1 aromatic carbocycles. The molecule has 0 aliphatic carbocycles. The van der Waals surface area contributed by atoms with Crippen molar-refractivity contribution in [2.75, 3.05) is 19.6 Å². The van der Waals surface area contributed by atoms with Crippen molar-refractivity contribution in [1.82, 2.24) is 15.6 Å². The quantitative estimate of drug-likeness (QED) is 0.386. The number of aromatic nitrogens is 1. The van der Waals surface area contributed by atoms with E-state index in [4.69, 9.17) is 4.98 Å². The van der Waals surface area contributed by atoms with Gasteiger partial charge in [0.1, 0.15) is 10.6 Å². The lowest BCUT2D eigenvalue weighted by molar-refractivity contribution is 0.0711. The highest BCUT2D eigenvalue weighted by molar-refractivity contribution is 7.13. The van der Waals surface area contributed by atoms with E-state index in [1.54, 1.807) is 29.6 Å². The number of aliphatic imine (C=N–C) groups is 1. The number of nitrogens with one attached hydrogen (secondary N) is 2. The third kappa shape index (κ3) is 5.64. The third-order valence-corrected chi connectivity index (χ3v) is 6.25. The molecule has 0 spiro atoms. The second kappa shape index (κ2) is 9.82. The van der Waals surface area contributed by atoms with Crippen LogP contribution in [0.2, 0.25) is 0 Å². The van der Waals surface area contributed by atoms with Crippen LogP contribution in [-0.4, -0.2) is 35.7 Å². The molecular formula is C21H26N4OS2. The third-order valence-electron chi connectivity index (χ3n) is 4.19. The highest BCUT2D eigenvalue weighted by Gasteiger charge is 2.23. The Hall–Kier alpha value is -2.22. The number of hydrogen-bond acceptors (Lipinski definition) is 5. The zero-order valence-electron chi connectivity index (χ0n) is 16.2.